The predicted octanol–water partition coefficient (Wildman–Crippen LogP) is 10.3. The summed E-state index contributed by atoms with van der Waals surface area (Å²) >= 11 is 3.08. The van der Waals surface area contributed by atoms with Gasteiger partial charge in [0.25, 0.3) is 0 Å². The zero-order chi connectivity index (χ0) is 32.0. The van der Waals surface area contributed by atoms with Crippen molar-refractivity contribution in [3.8, 4) is 23.0 Å². The fraction of sp³-hybridized carbons (Fsp3) is 0.500. The van der Waals surface area contributed by atoms with Crippen molar-refractivity contribution in [1.82, 2.24) is 0 Å². The molecule has 0 aliphatic heterocycles. The second-order valence-corrected chi connectivity index (χ2v) is 17.4. The SMILES string of the molecule is CC(C)(C)c1cc(C(C)(C)C)c(SCc2ccc(CSc3c(C(C)(C)C)cc(C(C)(C)C)c(O)c3O)cc2)c(O)c1O. The van der Waals surface area contributed by atoms with Crippen LogP contribution in [0, 0.1) is 0 Å². The first-order valence-corrected chi connectivity index (χ1v) is 16.5. The van der Waals surface area contributed by atoms with Crippen LogP contribution in [0.2, 0.25) is 0 Å². The second-order valence-electron chi connectivity index (χ2n) is 15.4. The molecule has 0 heterocycles. The van der Waals surface area contributed by atoms with Crippen molar-refractivity contribution >= 4 is 23.5 Å². The molecule has 0 fully saturated rings. The number of benzene rings is 3. The standard InChI is InChI=1S/C36H50O4S2/c1-33(2,3)23-17-25(35(7,8)9)31(29(39)27(23)37)41-19-21-13-15-22(16-14-21)20-42-32-26(36(10,11)12)18-24(34(4,5)6)28(38)30(32)40/h13-18,37-40H,19-20H2,1-12H3. The molecular weight excluding hydrogens is 561 g/mol. The molecule has 0 saturated heterocycles. The molecule has 4 N–H and O–H groups in total. The van der Waals surface area contributed by atoms with Gasteiger partial charge < -0.3 is 20.4 Å². The third-order valence-electron chi connectivity index (χ3n) is 7.48. The number of phenolic OH excluding ortho intramolecular Hbond substituents is 4. The van der Waals surface area contributed by atoms with Crippen molar-refractivity contribution in [1.29, 1.82) is 0 Å². The number of hydrogen-bond donors (Lipinski definition) is 4. The van der Waals surface area contributed by atoms with Crippen LogP contribution in [-0.4, -0.2) is 20.4 Å². The van der Waals surface area contributed by atoms with Gasteiger partial charge in [-0.3, -0.25) is 0 Å². The largest absolute Gasteiger partial charge is 0.504 e. The molecule has 0 aliphatic carbocycles. The van der Waals surface area contributed by atoms with E-state index in [-0.39, 0.29) is 44.7 Å². The van der Waals surface area contributed by atoms with Crippen LogP contribution in [0.3, 0.4) is 0 Å². The van der Waals surface area contributed by atoms with Crippen molar-refractivity contribution in [2.45, 2.75) is 126 Å². The Kier molecular flexibility index (Phi) is 9.66. The summed E-state index contributed by atoms with van der Waals surface area (Å²) in [6, 6.07) is 12.4. The molecule has 0 radical (unpaired) electrons. The zero-order valence-electron chi connectivity index (χ0n) is 27.5. The maximum atomic E-state index is 11.1. The third kappa shape index (κ3) is 7.55. The van der Waals surface area contributed by atoms with Crippen LogP contribution in [0.5, 0.6) is 23.0 Å². The summed E-state index contributed by atoms with van der Waals surface area (Å²) in [5, 5.41) is 43.8. The van der Waals surface area contributed by atoms with Gasteiger partial charge in [-0.2, -0.15) is 0 Å². The van der Waals surface area contributed by atoms with E-state index < -0.39 is 0 Å². The molecule has 3 aromatic carbocycles. The number of rotatable bonds is 6. The van der Waals surface area contributed by atoms with Crippen molar-refractivity contribution in [3.05, 3.63) is 69.8 Å². The van der Waals surface area contributed by atoms with Gasteiger partial charge in [0.2, 0.25) is 0 Å². The Morgan fingerprint density at radius 1 is 0.429 bits per heavy atom. The Hall–Kier alpha value is -2.44. The minimum atomic E-state index is -0.295. The van der Waals surface area contributed by atoms with E-state index in [4.69, 9.17) is 0 Å². The van der Waals surface area contributed by atoms with Gasteiger partial charge in [0.05, 0.1) is 9.79 Å². The lowest BCUT2D eigenvalue weighted by Crippen LogP contribution is -2.17. The highest BCUT2D eigenvalue weighted by Crippen LogP contribution is 2.50. The monoisotopic (exact) mass is 610 g/mol. The summed E-state index contributed by atoms with van der Waals surface area (Å²) in [4.78, 5) is 1.44. The molecule has 0 amide bonds. The lowest BCUT2D eigenvalue weighted by atomic mass is 9.80. The third-order valence-corrected chi connectivity index (χ3v) is 9.84. The summed E-state index contributed by atoms with van der Waals surface area (Å²) < 4.78 is 0. The van der Waals surface area contributed by atoms with E-state index >= 15 is 0 Å². The maximum absolute atomic E-state index is 11.1. The average Bonchev–Trinajstić information content (AvgIpc) is 2.83. The van der Waals surface area contributed by atoms with Crippen molar-refractivity contribution in [2.24, 2.45) is 0 Å². The van der Waals surface area contributed by atoms with Gasteiger partial charge in [-0.05, 0) is 56.0 Å². The summed E-state index contributed by atoms with van der Waals surface area (Å²) in [6.07, 6.45) is 0. The van der Waals surface area contributed by atoms with Crippen LogP contribution < -0.4 is 0 Å². The number of aromatic hydroxyl groups is 4. The fourth-order valence-electron chi connectivity index (χ4n) is 4.87. The van der Waals surface area contributed by atoms with Gasteiger partial charge in [-0.25, -0.2) is 0 Å². The highest BCUT2D eigenvalue weighted by molar-refractivity contribution is 7.99. The van der Waals surface area contributed by atoms with E-state index in [2.05, 4.69) is 65.8 Å². The van der Waals surface area contributed by atoms with Crippen LogP contribution in [-0.2, 0) is 33.2 Å². The van der Waals surface area contributed by atoms with E-state index in [0.717, 1.165) is 43.2 Å². The van der Waals surface area contributed by atoms with Gasteiger partial charge in [0.1, 0.15) is 0 Å². The molecule has 0 bridgehead atoms. The average molecular weight is 611 g/mol. The van der Waals surface area contributed by atoms with Gasteiger partial charge in [0.15, 0.2) is 23.0 Å². The molecule has 0 unspecified atom stereocenters. The first kappa shape index (κ1) is 34.1. The topological polar surface area (TPSA) is 80.9 Å². The van der Waals surface area contributed by atoms with E-state index in [1.165, 1.54) is 23.5 Å². The lowest BCUT2D eigenvalue weighted by Gasteiger charge is -2.29. The smallest absolute Gasteiger partial charge is 0.171 e. The van der Waals surface area contributed by atoms with Gasteiger partial charge in [-0.15, -0.1) is 23.5 Å². The summed E-state index contributed by atoms with van der Waals surface area (Å²) in [5.74, 6) is 1.14. The summed E-state index contributed by atoms with van der Waals surface area (Å²) in [7, 11) is 0. The normalized spacial score (nSPS) is 13.0. The lowest BCUT2D eigenvalue weighted by molar-refractivity contribution is 0.376. The maximum Gasteiger partial charge on any atom is 0.171 e. The Balaban J connectivity index is 1.84. The van der Waals surface area contributed by atoms with E-state index in [1.54, 1.807) is 0 Å². The molecule has 42 heavy (non-hydrogen) atoms. The zero-order valence-corrected chi connectivity index (χ0v) is 29.1. The number of phenols is 4. The minimum absolute atomic E-state index is 0.0372. The molecule has 6 heteroatoms. The molecular formula is C36H50O4S2. The first-order valence-electron chi connectivity index (χ1n) is 14.6. The van der Waals surface area contributed by atoms with Gasteiger partial charge in [-0.1, -0.05) is 107 Å². The van der Waals surface area contributed by atoms with Crippen LogP contribution in [0.4, 0.5) is 0 Å². The highest BCUT2D eigenvalue weighted by Gasteiger charge is 2.31. The van der Waals surface area contributed by atoms with Crippen molar-refractivity contribution in [2.75, 3.05) is 0 Å². The summed E-state index contributed by atoms with van der Waals surface area (Å²) in [6.45, 7) is 25.0. The van der Waals surface area contributed by atoms with Gasteiger partial charge in [0, 0.05) is 22.6 Å². The quantitative estimate of drug-likeness (QED) is 0.164. The predicted molar refractivity (Wildman–Crippen MR) is 180 cm³/mol. The Morgan fingerprint density at radius 2 is 0.690 bits per heavy atom. The van der Waals surface area contributed by atoms with Gasteiger partial charge >= 0.3 is 0 Å². The Labute approximate surface area is 262 Å². The summed E-state index contributed by atoms with van der Waals surface area (Å²) in [5.41, 5.74) is 4.77. The molecule has 0 atom stereocenters. The van der Waals surface area contributed by atoms with Crippen molar-refractivity contribution in [3.63, 3.8) is 0 Å². The first-order chi connectivity index (χ1) is 19.0. The molecule has 0 aromatic heterocycles. The Bertz CT molecular complexity index is 1320. The fourth-order valence-corrected chi connectivity index (χ4v) is 7.39. The van der Waals surface area contributed by atoms with E-state index in [0.29, 0.717) is 11.5 Å². The van der Waals surface area contributed by atoms with Crippen LogP contribution >= 0.6 is 23.5 Å². The van der Waals surface area contributed by atoms with Crippen LogP contribution in [0.15, 0.2) is 46.2 Å². The number of hydrogen-bond acceptors (Lipinski definition) is 6. The second kappa shape index (κ2) is 11.9. The molecule has 4 nitrogen and oxygen atoms in total. The van der Waals surface area contributed by atoms with E-state index in [9.17, 15) is 20.4 Å². The molecule has 0 aliphatic rings. The molecule has 3 aromatic rings. The molecule has 230 valence electrons. The van der Waals surface area contributed by atoms with Crippen LogP contribution in [0.25, 0.3) is 0 Å². The highest BCUT2D eigenvalue weighted by atomic mass is 32.2. The minimum Gasteiger partial charge on any atom is -0.504 e. The van der Waals surface area contributed by atoms with Crippen LogP contribution in [0.1, 0.15) is 116 Å². The number of thioether (sulfide) groups is 2. The molecule has 3 rings (SSSR count). The Morgan fingerprint density at radius 3 is 0.929 bits per heavy atom. The van der Waals surface area contributed by atoms with Crippen molar-refractivity contribution < 1.29 is 20.4 Å². The molecule has 0 spiro atoms. The molecule has 0 saturated carbocycles. The van der Waals surface area contributed by atoms with E-state index in [1.807, 2.05) is 53.7 Å².